The smallest absolute Gasteiger partial charge is 0.137 e. The number of aromatic nitrogens is 2. The van der Waals surface area contributed by atoms with Crippen LogP contribution in [0.1, 0.15) is 17.7 Å². The van der Waals surface area contributed by atoms with Gasteiger partial charge in [-0.2, -0.15) is 0 Å². The first-order valence-electron chi connectivity index (χ1n) is 6.58. The van der Waals surface area contributed by atoms with Gasteiger partial charge in [-0.3, -0.25) is 4.90 Å². The Kier molecular flexibility index (Phi) is 6.27. The predicted octanol–water partition coefficient (Wildman–Crippen LogP) is 2.28. The molecular weight excluding hydrogens is 295 g/mol. The number of halogens is 2. The molecule has 1 aliphatic rings. The summed E-state index contributed by atoms with van der Waals surface area (Å²) < 4.78 is 2.12. The molecule has 2 aromatic rings. The first-order chi connectivity index (χ1) is 8.74. The first-order valence-corrected chi connectivity index (χ1v) is 6.58. The molecule has 1 unspecified atom stereocenters. The highest BCUT2D eigenvalue weighted by atomic mass is 35.5. The minimum Gasteiger partial charge on any atom is -0.316 e. The zero-order valence-corrected chi connectivity index (χ0v) is 13.5. The minimum absolute atomic E-state index is 0. The molecule has 6 heteroatoms. The monoisotopic (exact) mass is 316 g/mol. The number of hydrogen-bond donors (Lipinski definition) is 1. The van der Waals surface area contributed by atoms with Crippen LogP contribution >= 0.6 is 24.8 Å². The molecule has 0 radical (unpaired) electrons. The second kappa shape index (κ2) is 7.27. The van der Waals surface area contributed by atoms with E-state index in [1.807, 2.05) is 7.05 Å². The van der Waals surface area contributed by atoms with Crippen LogP contribution in [-0.2, 0) is 6.54 Å². The molecule has 20 heavy (non-hydrogen) atoms. The Bertz CT molecular complexity index is 555. The molecule has 0 amide bonds. The van der Waals surface area contributed by atoms with Gasteiger partial charge in [-0.05, 0) is 32.0 Å². The van der Waals surface area contributed by atoms with Crippen molar-refractivity contribution < 1.29 is 0 Å². The Morgan fingerprint density at radius 3 is 2.80 bits per heavy atom. The van der Waals surface area contributed by atoms with Crippen molar-refractivity contribution in [1.29, 1.82) is 0 Å². The Morgan fingerprint density at radius 2 is 2.10 bits per heavy atom. The van der Waals surface area contributed by atoms with Gasteiger partial charge in [-0.1, -0.05) is 6.07 Å². The minimum atomic E-state index is 0. The van der Waals surface area contributed by atoms with Crippen LogP contribution in [0.15, 0.2) is 24.5 Å². The van der Waals surface area contributed by atoms with Crippen molar-refractivity contribution in [2.24, 2.45) is 0 Å². The quantitative estimate of drug-likeness (QED) is 0.943. The van der Waals surface area contributed by atoms with Gasteiger partial charge < -0.3 is 9.72 Å². The molecule has 0 bridgehead atoms. The number of likely N-dealkylation sites (tertiary alicyclic amines) is 1. The first kappa shape index (κ1) is 17.2. The van der Waals surface area contributed by atoms with Crippen LogP contribution in [-0.4, -0.2) is 40.5 Å². The third-order valence-corrected chi connectivity index (χ3v) is 3.72. The zero-order valence-electron chi connectivity index (χ0n) is 11.9. The highest BCUT2D eigenvalue weighted by Crippen LogP contribution is 2.14. The normalized spacial score (nSPS) is 18.8. The van der Waals surface area contributed by atoms with E-state index in [0.29, 0.717) is 6.04 Å². The summed E-state index contributed by atoms with van der Waals surface area (Å²) in [4.78, 5) is 7.14. The molecule has 3 rings (SSSR count). The molecule has 1 saturated heterocycles. The van der Waals surface area contributed by atoms with Crippen LogP contribution in [0.25, 0.3) is 5.65 Å². The number of fused-ring (bicyclic) bond motifs is 1. The fourth-order valence-electron chi connectivity index (χ4n) is 2.67. The number of pyridine rings is 1. The van der Waals surface area contributed by atoms with Crippen molar-refractivity contribution >= 4 is 30.5 Å². The van der Waals surface area contributed by atoms with Crippen molar-refractivity contribution in [1.82, 2.24) is 19.6 Å². The third kappa shape index (κ3) is 3.64. The summed E-state index contributed by atoms with van der Waals surface area (Å²) in [7, 11) is 2.04. The van der Waals surface area contributed by atoms with Gasteiger partial charge in [-0.15, -0.1) is 24.8 Å². The van der Waals surface area contributed by atoms with Crippen LogP contribution in [0.5, 0.6) is 0 Å². The van der Waals surface area contributed by atoms with E-state index in [-0.39, 0.29) is 24.8 Å². The van der Waals surface area contributed by atoms with Crippen LogP contribution in [0.2, 0.25) is 0 Å². The van der Waals surface area contributed by atoms with E-state index in [2.05, 4.69) is 51.1 Å². The second-order valence-electron chi connectivity index (χ2n) is 5.21. The lowest BCUT2D eigenvalue weighted by molar-refractivity contribution is 0.319. The van der Waals surface area contributed by atoms with Gasteiger partial charge in [0.05, 0.1) is 5.69 Å². The van der Waals surface area contributed by atoms with Gasteiger partial charge >= 0.3 is 0 Å². The fraction of sp³-hybridized carbons (Fsp3) is 0.500. The molecule has 1 atom stereocenters. The summed E-state index contributed by atoms with van der Waals surface area (Å²) in [6, 6.07) is 4.84. The summed E-state index contributed by atoms with van der Waals surface area (Å²) in [6.07, 6.45) is 5.52. The van der Waals surface area contributed by atoms with Crippen molar-refractivity contribution in [3.8, 4) is 0 Å². The third-order valence-electron chi connectivity index (χ3n) is 3.72. The Labute approximate surface area is 132 Å². The maximum Gasteiger partial charge on any atom is 0.137 e. The molecule has 4 nitrogen and oxygen atoms in total. The van der Waals surface area contributed by atoms with E-state index in [0.717, 1.165) is 24.4 Å². The number of nitrogens with one attached hydrogen (secondary N) is 1. The largest absolute Gasteiger partial charge is 0.316 e. The predicted molar refractivity (Wildman–Crippen MR) is 87.2 cm³/mol. The molecule has 1 N–H and O–H groups in total. The van der Waals surface area contributed by atoms with Crippen molar-refractivity contribution in [2.45, 2.75) is 25.9 Å². The molecule has 2 aromatic heterocycles. The summed E-state index contributed by atoms with van der Waals surface area (Å²) >= 11 is 0. The standard InChI is InChI=1S/C14H20N4.2ClH/c1-11-3-4-14-16-13(10-18(14)7-11)9-17-6-5-12(8-17)15-2;;/h3-4,7,10,12,15H,5-6,8-9H2,1-2H3;2*1H. The molecule has 1 fully saturated rings. The summed E-state index contributed by atoms with van der Waals surface area (Å²) in [5.41, 5.74) is 3.47. The summed E-state index contributed by atoms with van der Waals surface area (Å²) in [5, 5.41) is 3.35. The van der Waals surface area contributed by atoms with E-state index in [9.17, 15) is 0 Å². The van der Waals surface area contributed by atoms with Crippen LogP contribution in [0, 0.1) is 6.92 Å². The fourth-order valence-corrected chi connectivity index (χ4v) is 2.67. The lowest BCUT2D eigenvalue weighted by Crippen LogP contribution is -2.29. The Morgan fingerprint density at radius 1 is 1.30 bits per heavy atom. The van der Waals surface area contributed by atoms with E-state index in [1.54, 1.807) is 0 Å². The highest BCUT2D eigenvalue weighted by molar-refractivity contribution is 5.85. The lowest BCUT2D eigenvalue weighted by Gasteiger charge is -2.13. The topological polar surface area (TPSA) is 32.6 Å². The zero-order chi connectivity index (χ0) is 12.5. The molecule has 0 saturated carbocycles. The van der Waals surface area contributed by atoms with E-state index in [1.165, 1.54) is 18.5 Å². The Hall–Kier alpha value is -0.810. The number of imidazole rings is 1. The average molecular weight is 317 g/mol. The van der Waals surface area contributed by atoms with Gasteiger partial charge in [0.15, 0.2) is 0 Å². The number of aryl methyl sites for hydroxylation is 1. The molecule has 0 aliphatic carbocycles. The number of likely N-dealkylation sites (N-methyl/N-ethyl adjacent to an activating group) is 1. The van der Waals surface area contributed by atoms with Gasteiger partial charge in [0.1, 0.15) is 5.65 Å². The maximum absolute atomic E-state index is 4.67. The maximum atomic E-state index is 4.67. The highest BCUT2D eigenvalue weighted by Gasteiger charge is 2.21. The van der Waals surface area contributed by atoms with Crippen molar-refractivity contribution in [3.05, 3.63) is 35.8 Å². The van der Waals surface area contributed by atoms with E-state index in [4.69, 9.17) is 0 Å². The summed E-state index contributed by atoms with van der Waals surface area (Å²) in [5.74, 6) is 0. The van der Waals surface area contributed by atoms with E-state index < -0.39 is 0 Å². The van der Waals surface area contributed by atoms with Crippen LogP contribution in [0.4, 0.5) is 0 Å². The Balaban J connectivity index is 0.000001000. The summed E-state index contributed by atoms with van der Waals surface area (Å²) in [6.45, 7) is 5.36. The van der Waals surface area contributed by atoms with Crippen LogP contribution < -0.4 is 5.32 Å². The van der Waals surface area contributed by atoms with Gasteiger partial charge in [0.2, 0.25) is 0 Å². The van der Waals surface area contributed by atoms with Gasteiger partial charge in [0.25, 0.3) is 0 Å². The van der Waals surface area contributed by atoms with Gasteiger partial charge in [0, 0.05) is 38.1 Å². The molecular formula is C14H22Cl2N4. The van der Waals surface area contributed by atoms with Crippen molar-refractivity contribution in [2.75, 3.05) is 20.1 Å². The second-order valence-corrected chi connectivity index (χ2v) is 5.21. The van der Waals surface area contributed by atoms with Gasteiger partial charge in [-0.25, -0.2) is 4.98 Å². The van der Waals surface area contributed by atoms with E-state index >= 15 is 0 Å². The molecule has 1 aliphatic heterocycles. The molecule has 3 heterocycles. The van der Waals surface area contributed by atoms with Crippen LogP contribution in [0.3, 0.4) is 0 Å². The molecule has 0 aromatic carbocycles. The number of hydrogen-bond acceptors (Lipinski definition) is 3. The number of rotatable bonds is 3. The molecule has 0 spiro atoms. The lowest BCUT2D eigenvalue weighted by atomic mass is 10.3. The number of nitrogens with zero attached hydrogens (tertiary/aromatic N) is 3. The van der Waals surface area contributed by atoms with Crippen molar-refractivity contribution in [3.63, 3.8) is 0 Å². The molecule has 112 valence electrons. The SMILES string of the molecule is CNC1CCN(Cc2cn3cc(C)ccc3n2)C1.Cl.Cl. The average Bonchev–Trinajstić information content (AvgIpc) is 2.95.